The molecular weight excluding hydrogens is 562 g/mol. The van der Waals surface area contributed by atoms with E-state index in [1.54, 1.807) is 4.31 Å². The van der Waals surface area contributed by atoms with Gasteiger partial charge in [-0.1, -0.05) is 33.1 Å². The summed E-state index contributed by atoms with van der Waals surface area (Å²) in [5.41, 5.74) is 0. The van der Waals surface area contributed by atoms with Crippen molar-refractivity contribution in [2.45, 2.75) is 77.2 Å². The lowest BCUT2D eigenvalue weighted by atomic mass is 10.00. The summed E-state index contributed by atoms with van der Waals surface area (Å²) in [5.74, 6) is 0. The standard InChI is InChI=1S/C15H28Br3NO4S2/c1-3-5-10-19(11-6-4-2)25(22,23)14-9-7-8-13(12-14)24(20,21)15(16,17)18/h13-14H,3-12H2,1-2H3. The Bertz CT molecular complexity index is 609. The zero-order valence-electron chi connectivity index (χ0n) is 14.8. The Balaban J connectivity index is 2.99. The second kappa shape index (κ2) is 10.2. The second-order valence-corrected chi connectivity index (χ2v) is 19.5. The van der Waals surface area contributed by atoms with E-state index >= 15 is 0 Å². The molecule has 1 fully saturated rings. The smallest absolute Gasteiger partial charge is 0.225 e. The largest absolute Gasteiger partial charge is 0.235 e. The third-order valence-electron chi connectivity index (χ3n) is 4.64. The molecular formula is C15H28Br3NO4S2. The Morgan fingerprint density at radius 2 is 1.40 bits per heavy atom. The molecule has 0 N–H and O–H groups in total. The van der Waals surface area contributed by atoms with Gasteiger partial charge in [-0.25, -0.2) is 21.1 Å². The van der Waals surface area contributed by atoms with Crippen LogP contribution in [0, 0.1) is 0 Å². The van der Waals surface area contributed by atoms with Crippen LogP contribution in [0.4, 0.5) is 0 Å². The minimum absolute atomic E-state index is 0.157. The third-order valence-corrected chi connectivity index (χ3v) is 13.0. The maximum Gasteiger partial charge on any atom is 0.235 e. The molecule has 1 saturated carbocycles. The summed E-state index contributed by atoms with van der Waals surface area (Å²) < 4.78 is 51.7. The van der Waals surface area contributed by atoms with Crippen molar-refractivity contribution in [3.05, 3.63) is 0 Å². The number of halogens is 3. The van der Waals surface area contributed by atoms with Crippen LogP contribution < -0.4 is 0 Å². The summed E-state index contributed by atoms with van der Waals surface area (Å²) >= 11 is 9.27. The van der Waals surface area contributed by atoms with E-state index in [0.717, 1.165) is 25.7 Å². The van der Waals surface area contributed by atoms with Crippen molar-refractivity contribution in [3.8, 4) is 0 Å². The lowest BCUT2D eigenvalue weighted by Crippen LogP contribution is -2.45. The van der Waals surface area contributed by atoms with Crippen molar-refractivity contribution in [1.82, 2.24) is 4.31 Å². The summed E-state index contributed by atoms with van der Waals surface area (Å²) in [5, 5.41) is -1.30. The Morgan fingerprint density at radius 3 is 1.84 bits per heavy atom. The zero-order valence-corrected chi connectivity index (χ0v) is 21.1. The molecule has 0 aromatic carbocycles. The lowest BCUT2D eigenvalue weighted by molar-refractivity contribution is 0.375. The van der Waals surface area contributed by atoms with E-state index in [2.05, 4.69) is 47.8 Å². The van der Waals surface area contributed by atoms with Crippen LogP contribution in [0.1, 0.15) is 65.2 Å². The molecule has 150 valence electrons. The fourth-order valence-corrected chi connectivity index (χ4v) is 9.06. The van der Waals surface area contributed by atoms with E-state index < -0.39 is 31.8 Å². The van der Waals surface area contributed by atoms with Crippen LogP contribution in [0.25, 0.3) is 0 Å². The van der Waals surface area contributed by atoms with Crippen molar-refractivity contribution in [2.24, 2.45) is 0 Å². The first-order valence-electron chi connectivity index (χ1n) is 8.77. The Labute approximate surface area is 178 Å². The number of rotatable bonds is 9. The van der Waals surface area contributed by atoms with Gasteiger partial charge in [0.25, 0.3) is 0 Å². The third kappa shape index (κ3) is 6.41. The molecule has 1 aliphatic carbocycles. The summed E-state index contributed by atoms with van der Waals surface area (Å²) in [6.45, 7) is 5.11. The molecule has 0 saturated heterocycles. The van der Waals surface area contributed by atoms with Gasteiger partial charge in [0.2, 0.25) is 11.5 Å². The first kappa shape index (κ1) is 24.3. The number of nitrogens with zero attached hydrogens (tertiary/aromatic N) is 1. The summed E-state index contributed by atoms with van der Waals surface area (Å²) in [6.07, 6.45) is 5.29. The van der Waals surface area contributed by atoms with Gasteiger partial charge in [-0.15, -0.1) is 0 Å². The normalized spacial score (nSPS) is 23.1. The molecule has 0 amide bonds. The van der Waals surface area contributed by atoms with Gasteiger partial charge in [0, 0.05) is 13.1 Å². The van der Waals surface area contributed by atoms with Crippen LogP contribution in [-0.4, -0.2) is 46.2 Å². The van der Waals surface area contributed by atoms with Crippen LogP contribution in [-0.2, 0) is 19.9 Å². The van der Waals surface area contributed by atoms with Crippen molar-refractivity contribution in [2.75, 3.05) is 13.1 Å². The number of unbranched alkanes of at least 4 members (excludes halogenated alkanes) is 2. The molecule has 0 bridgehead atoms. The number of hydrogen-bond donors (Lipinski definition) is 0. The van der Waals surface area contributed by atoms with Crippen LogP contribution >= 0.6 is 47.8 Å². The van der Waals surface area contributed by atoms with Gasteiger partial charge in [-0.2, -0.15) is 0 Å². The molecule has 0 aromatic heterocycles. The monoisotopic (exact) mass is 587 g/mol. The van der Waals surface area contributed by atoms with Crippen molar-refractivity contribution >= 4 is 67.7 Å². The number of sulfonamides is 1. The SMILES string of the molecule is CCCCN(CCCC)S(=O)(=O)C1CCCC(S(=O)(=O)C(Br)(Br)Br)C1. The molecule has 2 unspecified atom stereocenters. The summed E-state index contributed by atoms with van der Waals surface area (Å²) in [7, 11) is -7.07. The molecule has 0 heterocycles. The summed E-state index contributed by atoms with van der Waals surface area (Å²) in [6, 6.07) is 0. The zero-order chi connectivity index (χ0) is 19.3. The van der Waals surface area contributed by atoms with Crippen molar-refractivity contribution in [3.63, 3.8) is 0 Å². The molecule has 2 atom stereocenters. The minimum atomic E-state index is -3.59. The maximum absolute atomic E-state index is 13.1. The maximum atomic E-state index is 13.1. The number of hydrogen-bond acceptors (Lipinski definition) is 4. The Kier molecular flexibility index (Phi) is 9.91. The lowest BCUT2D eigenvalue weighted by Gasteiger charge is -2.34. The molecule has 10 heteroatoms. The highest BCUT2D eigenvalue weighted by molar-refractivity contribution is 9.42. The molecule has 0 aromatic rings. The second-order valence-electron chi connectivity index (χ2n) is 6.55. The molecule has 0 radical (unpaired) electrons. The van der Waals surface area contributed by atoms with E-state index in [0.29, 0.717) is 32.4 Å². The van der Waals surface area contributed by atoms with Gasteiger partial charge in [0.1, 0.15) is 0 Å². The topological polar surface area (TPSA) is 71.5 Å². The van der Waals surface area contributed by atoms with Gasteiger partial charge in [-0.3, -0.25) is 0 Å². The fraction of sp³-hybridized carbons (Fsp3) is 1.00. The van der Waals surface area contributed by atoms with E-state index in [-0.39, 0.29) is 6.42 Å². The first-order valence-corrected chi connectivity index (χ1v) is 14.2. The van der Waals surface area contributed by atoms with E-state index in [1.807, 2.05) is 13.8 Å². The van der Waals surface area contributed by atoms with Crippen molar-refractivity contribution < 1.29 is 16.8 Å². The van der Waals surface area contributed by atoms with E-state index in [9.17, 15) is 16.8 Å². The molecule has 25 heavy (non-hydrogen) atoms. The van der Waals surface area contributed by atoms with E-state index in [1.165, 1.54) is 0 Å². The Hall–Kier alpha value is 1.30. The molecule has 1 aliphatic rings. The molecule has 5 nitrogen and oxygen atoms in total. The highest BCUT2D eigenvalue weighted by Crippen LogP contribution is 2.45. The van der Waals surface area contributed by atoms with Crippen LogP contribution in [0.5, 0.6) is 0 Å². The molecule has 0 spiro atoms. The van der Waals surface area contributed by atoms with Gasteiger partial charge in [0.15, 0.2) is 9.84 Å². The molecule has 0 aliphatic heterocycles. The quantitative estimate of drug-likeness (QED) is 0.364. The van der Waals surface area contributed by atoms with E-state index in [4.69, 9.17) is 0 Å². The predicted octanol–water partition coefficient (Wildman–Crippen LogP) is 4.74. The number of sulfone groups is 1. The highest BCUT2D eigenvalue weighted by atomic mass is 80.0. The van der Waals surface area contributed by atoms with Crippen LogP contribution in [0.3, 0.4) is 0 Å². The number of alkyl halides is 3. The van der Waals surface area contributed by atoms with Gasteiger partial charge in [-0.05, 0) is 79.9 Å². The fourth-order valence-electron chi connectivity index (χ4n) is 3.09. The van der Waals surface area contributed by atoms with Gasteiger partial charge in [0.05, 0.1) is 10.5 Å². The van der Waals surface area contributed by atoms with Crippen molar-refractivity contribution in [1.29, 1.82) is 0 Å². The van der Waals surface area contributed by atoms with Crippen LogP contribution in [0.2, 0.25) is 0 Å². The first-order chi connectivity index (χ1) is 11.5. The summed E-state index contributed by atoms with van der Waals surface area (Å²) in [4.78, 5) is 0. The average molecular weight is 590 g/mol. The molecule has 1 rings (SSSR count). The minimum Gasteiger partial charge on any atom is -0.225 e. The average Bonchev–Trinajstić information content (AvgIpc) is 2.53. The highest BCUT2D eigenvalue weighted by Gasteiger charge is 2.46. The Morgan fingerprint density at radius 1 is 0.920 bits per heavy atom. The van der Waals surface area contributed by atoms with Gasteiger partial charge >= 0.3 is 0 Å². The van der Waals surface area contributed by atoms with Crippen LogP contribution in [0.15, 0.2) is 0 Å². The van der Waals surface area contributed by atoms with Gasteiger partial charge < -0.3 is 0 Å². The predicted molar refractivity (Wildman–Crippen MR) is 115 cm³/mol.